The summed E-state index contributed by atoms with van der Waals surface area (Å²) in [6, 6.07) is 11.3. The van der Waals surface area contributed by atoms with Crippen LogP contribution in [0.5, 0.6) is 0 Å². The molecule has 1 aromatic carbocycles. The third-order valence-corrected chi connectivity index (χ3v) is 7.24. The minimum atomic E-state index is 0.629. The van der Waals surface area contributed by atoms with Crippen molar-refractivity contribution in [3.8, 4) is 0 Å². The summed E-state index contributed by atoms with van der Waals surface area (Å²) in [6.45, 7) is 8.82. The van der Waals surface area contributed by atoms with Crippen LogP contribution in [0.3, 0.4) is 0 Å². The highest BCUT2D eigenvalue weighted by Crippen LogP contribution is 2.37. The van der Waals surface area contributed by atoms with Crippen LogP contribution >= 0.6 is 0 Å². The van der Waals surface area contributed by atoms with Gasteiger partial charge in [-0.2, -0.15) is 0 Å². The summed E-state index contributed by atoms with van der Waals surface area (Å²) in [5.41, 5.74) is 1.54. The Kier molecular flexibility index (Phi) is 12.1. The van der Waals surface area contributed by atoms with Crippen molar-refractivity contribution in [3.63, 3.8) is 0 Å². The normalized spacial score (nSPS) is 21.9. The lowest BCUT2D eigenvalue weighted by molar-refractivity contribution is 0.211. The summed E-state index contributed by atoms with van der Waals surface area (Å²) < 4.78 is 0. The maximum Gasteiger partial charge on any atom is -0.0156 e. The van der Waals surface area contributed by atoms with E-state index in [2.05, 4.69) is 69.0 Å². The molecule has 29 heavy (non-hydrogen) atoms. The predicted octanol–water partition coefficient (Wildman–Crippen LogP) is 9.49. The summed E-state index contributed by atoms with van der Waals surface area (Å²) in [4.78, 5) is 0. The lowest BCUT2D eigenvalue weighted by Gasteiger charge is -2.31. The van der Waals surface area contributed by atoms with Crippen molar-refractivity contribution in [2.45, 2.75) is 103 Å². The molecule has 0 aromatic heterocycles. The first-order valence-corrected chi connectivity index (χ1v) is 12.6. The molecule has 0 amide bonds. The quantitative estimate of drug-likeness (QED) is 0.275. The van der Waals surface area contributed by atoms with Crippen LogP contribution in [0.1, 0.15) is 109 Å². The Morgan fingerprint density at radius 1 is 0.966 bits per heavy atom. The highest BCUT2D eigenvalue weighted by atomic mass is 14.3. The average Bonchev–Trinajstić information content (AvgIpc) is 2.78. The minimum Gasteiger partial charge on any atom is -0.103 e. The van der Waals surface area contributed by atoms with Gasteiger partial charge in [-0.25, -0.2) is 0 Å². The van der Waals surface area contributed by atoms with E-state index in [0.717, 1.165) is 11.8 Å². The number of rotatable bonds is 14. The maximum atomic E-state index is 4.17. The molecule has 0 nitrogen and oxygen atoms in total. The molecule has 1 aliphatic carbocycles. The topological polar surface area (TPSA) is 0 Å². The Morgan fingerprint density at radius 2 is 1.69 bits per heavy atom. The third-order valence-electron chi connectivity index (χ3n) is 7.24. The molecule has 1 saturated carbocycles. The molecule has 4 atom stereocenters. The second-order valence-corrected chi connectivity index (χ2v) is 9.32. The molecule has 0 N–H and O–H groups in total. The zero-order chi connectivity index (χ0) is 20.7. The molecule has 0 saturated heterocycles. The lowest BCUT2D eigenvalue weighted by atomic mass is 9.74. The van der Waals surface area contributed by atoms with Crippen molar-refractivity contribution in [2.24, 2.45) is 17.8 Å². The largest absolute Gasteiger partial charge is 0.103 e. The van der Waals surface area contributed by atoms with Crippen LogP contribution in [0.15, 0.2) is 55.1 Å². The van der Waals surface area contributed by atoms with Gasteiger partial charge < -0.3 is 0 Å². The fourth-order valence-corrected chi connectivity index (χ4v) is 5.38. The van der Waals surface area contributed by atoms with E-state index in [9.17, 15) is 0 Å². The zero-order valence-corrected chi connectivity index (χ0v) is 19.3. The highest BCUT2D eigenvalue weighted by molar-refractivity contribution is 5.19. The molecule has 1 fully saturated rings. The van der Waals surface area contributed by atoms with E-state index in [1.54, 1.807) is 0 Å². The van der Waals surface area contributed by atoms with E-state index in [4.69, 9.17) is 0 Å². The summed E-state index contributed by atoms with van der Waals surface area (Å²) in [5, 5.41) is 0. The summed E-state index contributed by atoms with van der Waals surface area (Å²) in [6.07, 6.45) is 24.6. The molecule has 0 heteroatoms. The highest BCUT2D eigenvalue weighted by Gasteiger charge is 2.24. The number of hydrogen-bond acceptors (Lipinski definition) is 0. The first-order valence-electron chi connectivity index (χ1n) is 12.6. The van der Waals surface area contributed by atoms with E-state index in [1.807, 2.05) is 0 Å². The Balaban J connectivity index is 1.89. The van der Waals surface area contributed by atoms with Crippen LogP contribution < -0.4 is 0 Å². The monoisotopic (exact) mass is 394 g/mol. The number of unbranched alkanes of at least 4 members (excludes halogenated alkanes) is 1. The van der Waals surface area contributed by atoms with Crippen LogP contribution in [0.2, 0.25) is 0 Å². The van der Waals surface area contributed by atoms with E-state index in [0.29, 0.717) is 11.8 Å². The second-order valence-electron chi connectivity index (χ2n) is 9.32. The molecule has 162 valence electrons. The van der Waals surface area contributed by atoms with Crippen LogP contribution in [0.25, 0.3) is 0 Å². The van der Waals surface area contributed by atoms with Crippen LogP contribution in [-0.4, -0.2) is 0 Å². The van der Waals surface area contributed by atoms with Gasteiger partial charge in [0.1, 0.15) is 0 Å². The van der Waals surface area contributed by atoms with Crippen LogP contribution in [0.4, 0.5) is 0 Å². The van der Waals surface area contributed by atoms with Crippen LogP contribution in [-0.2, 0) is 0 Å². The Hall–Kier alpha value is -1.30. The van der Waals surface area contributed by atoms with Crippen molar-refractivity contribution in [1.29, 1.82) is 0 Å². The molecule has 0 bridgehead atoms. The fourth-order valence-electron chi connectivity index (χ4n) is 5.38. The van der Waals surface area contributed by atoms with E-state index in [-0.39, 0.29) is 0 Å². The van der Waals surface area contributed by atoms with Gasteiger partial charge in [-0.15, -0.1) is 6.58 Å². The molecule has 1 aliphatic rings. The fraction of sp³-hybridized carbons (Fsp3) is 0.655. The molecule has 0 spiro atoms. The lowest BCUT2D eigenvalue weighted by Crippen LogP contribution is -2.19. The molecular weight excluding hydrogens is 348 g/mol. The minimum absolute atomic E-state index is 0.629. The Bertz CT molecular complexity index is 555. The van der Waals surface area contributed by atoms with Gasteiger partial charge in [0.15, 0.2) is 0 Å². The zero-order valence-electron chi connectivity index (χ0n) is 19.3. The maximum absolute atomic E-state index is 4.17. The van der Waals surface area contributed by atoms with E-state index < -0.39 is 0 Å². The molecule has 0 aliphatic heterocycles. The predicted molar refractivity (Wildman–Crippen MR) is 130 cm³/mol. The van der Waals surface area contributed by atoms with Gasteiger partial charge in [0.05, 0.1) is 0 Å². The SMILES string of the molecule is C=CC(CC/C=C/CCC)CC(CCCC1CCCCC1CC)c1ccccc1. The Morgan fingerprint density at radius 3 is 2.38 bits per heavy atom. The first-order chi connectivity index (χ1) is 14.3. The third kappa shape index (κ3) is 8.93. The smallest absolute Gasteiger partial charge is 0.0156 e. The summed E-state index contributed by atoms with van der Waals surface area (Å²) >= 11 is 0. The molecule has 4 unspecified atom stereocenters. The Labute approximate surface area is 181 Å². The number of benzene rings is 1. The van der Waals surface area contributed by atoms with Gasteiger partial charge in [-0.05, 0) is 61.3 Å². The van der Waals surface area contributed by atoms with Crippen molar-refractivity contribution in [2.75, 3.05) is 0 Å². The van der Waals surface area contributed by atoms with Crippen molar-refractivity contribution in [3.05, 3.63) is 60.7 Å². The van der Waals surface area contributed by atoms with E-state index >= 15 is 0 Å². The molecular formula is C29H46. The molecule has 1 aromatic rings. The summed E-state index contributed by atoms with van der Waals surface area (Å²) in [7, 11) is 0. The van der Waals surface area contributed by atoms with Gasteiger partial charge in [-0.1, -0.05) is 114 Å². The van der Waals surface area contributed by atoms with Gasteiger partial charge >= 0.3 is 0 Å². The van der Waals surface area contributed by atoms with Crippen LogP contribution in [0, 0.1) is 17.8 Å². The second kappa shape index (κ2) is 14.6. The van der Waals surface area contributed by atoms with Crippen molar-refractivity contribution in [1.82, 2.24) is 0 Å². The van der Waals surface area contributed by atoms with E-state index in [1.165, 1.54) is 89.0 Å². The van der Waals surface area contributed by atoms with Gasteiger partial charge in [-0.3, -0.25) is 0 Å². The number of allylic oxidation sites excluding steroid dienone is 3. The standard InChI is InChI=1S/C29H46/c1-4-7-8-9-11-17-25(5-2)24-29(28-19-12-10-13-20-28)23-16-22-27-21-15-14-18-26(27)6-3/h5,8-10,12-13,19-20,25-27,29H,2,4,6-7,11,14-18,21-24H2,1,3H3/b9-8+. The molecule has 0 radical (unpaired) electrons. The van der Waals surface area contributed by atoms with Gasteiger partial charge in [0, 0.05) is 0 Å². The van der Waals surface area contributed by atoms with Crippen molar-refractivity contribution < 1.29 is 0 Å². The van der Waals surface area contributed by atoms with Crippen molar-refractivity contribution >= 4 is 0 Å². The van der Waals surface area contributed by atoms with Gasteiger partial charge in [0.25, 0.3) is 0 Å². The van der Waals surface area contributed by atoms with Gasteiger partial charge in [0.2, 0.25) is 0 Å². The summed E-state index contributed by atoms with van der Waals surface area (Å²) in [5.74, 6) is 3.30. The first kappa shape index (κ1) is 24.0. The number of hydrogen-bond donors (Lipinski definition) is 0. The molecule has 0 heterocycles. The molecule has 2 rings (SSSR count). The average molecular weight is 395 g/mol.